The summed E-state index contributed by atoms with van der Waals surface area (Å²) in [5.74, 6) is 10.0. The van der Waals surface area contributed by atoms with Gasteiger partial charge in [0.1, 0.15) is 0 Å². The van der Waals surface area contributed by atoms with Crippen LogP contribution in [0.3, 0.4) is 0 Å². The Bertz CT molecular complexity index is 181. The van der Waals surface area contributed by atoms with Gasteiger partial charge in [-0.3, -0.25) is 0 Å². The summed E-state index contributed by atoms with van der Waals surface area (Å²) in [6.45, 7) is 0. The third-order valence-corrected chi connectivity index (χ3v) is 0.481. The van der Waals surface area contributed by atoms with Crippen LogP contribution < -0.4 is 11.8 Å². The average Bonchev–Trinajstić information content (AvgIpc) is 1.99. The zero-order valence-electron chi connectivity index (χ0n) is 4.79. The Morgan fingerprint density at radius 1 is 1.00 bits per heavy atom. The highest BCUT2D eigenvalue weighted by molar-refractivity contribution is 5.97. The molecular formula is C4H4N2O4. The van der Waals surface area contributed by atoms with Crippen LogP contribution in [-0.4, -0.2) is 11.9 Å². The van der Waals surface area contributed by atoms with Crippen LogP contribution in [0.4, 0.5) is 0 Å². The van der Waals surface area contributed by atoms with Gasteiger partial charge in [-0.2, -0.15) is 11.8 Å². The number of carbonyl (C=O) groups excluding carboxylic acids is 2. The maximum absolute atomic E-state index is 10.1. The lowest BCUT2D eigenvalue weighted by Gasteiger charge is -1.83. The van der Waals surface area contributed by atoms with Gasteiger partial charge in [-0.25, -0.2) is 9.59 Å². The van der Waals surface area contributed by atoms with Crippen LogP contribution in [0.5, 0.6) is 0 Å². The minimum absolute atomic E-state index is 1.04. The molecule has 0 radical (unpaired) electrons. The minimum atomic E-state index is -1.04. The zero-order chi connectivity index (χ0) is 7.98. The number of nitrogens with two attached hydrogens (primary N) is 2. The predicted octanol–water partition coefficient (Wildman–Crippen LogP) is -2.18. The first-order valence-corrected chi connectivity index (χ1v) is 2.04. The summed E-state index contributed by atoms with van der Waals surface area (Å²) >= 11 is 0. The molecule has 0 saturated carbocycles. The van der Waals surface area contributed by atoms with E-state index in [1.165, 1.54) is 0 Å². The molecular weight excluding hydrogens is 140 g/mol. The van der Waals surface area contributed by atoms with Crippen LogP contribution >= 0.6 is 0 Å². The molecule has 4 N–H and O–H groups in total. The van der Waals surface area contributed by atoms with Gasteiger partial charge in [0.05, 0.1) is 0 Å². The molecule has 6 nitrogen and oxygen atoms in total. The second-order valence-electron chi connectivity index (χ2n) is 1.06. The Balaban J connectivity index is 3.91. The first kappa shape index (κ1) is 8.42. The average molecular weight is 144 g/mol. The van der Waals surface area contributed by atoms with E-state index in [9.17, 15) is 9.59 Å². The first-order chi connectivity index (χ1) is 4.70. The van der Waals surface area contributed by atoms with Gasteiger partial charge in [0.2, 0.25) is 0 Å². The van der Waals surface area contributed by atoms with Crippen molar-refractivity contribution in [1.29, 1.82) is 0 Å². The zero-order valence-corrected chi connectivity index (χ0v) is 4.79. The molecule has 0 aromatic heterocycles. The minimum Gasteiger partial charge on any atom is -0.363 e. The molecule has 0 rings (SSSR count). The molecule has 0 saturated heterocycles. The van der Waals surface area contributed by atoms with E-state index in [0.29, 0.717) is 0 Å². The standard InChI is InChI=1S/C4H4N2O4/c5-9-3(7)1-2-4(8)10-6/h5-6H2. The molecule has 10 heavy (non-hydrogen) atoms. The van der Waals surface area contributed by atoms with Crippen LogP contribution in [0.1, 0.15) is 0 Å². The molecule has 6 heteroatoms. The van der Waals surface area contributed by atoms with E-state index >= 15 is 0 Å². The quantitative estimate of drug-likeness (QED) is 0.296. The van der Waals surface area contributed by atoms with Crippen molar-refractivity contribution in [3.63, 3.8) is 0 Å². The summed E-state index contributed by atoms with van der Waals surface area (Å²) < 4.78 is 0. The van der Waals surface area contributed by atoms with E-state index in [1.807, 2.05) is 0 Å². The second-order valence-corrected chi connectivity index (χ2v) is 1.06. The van der Waals surface area contributed by atoms with Gasteiger partial charge in [-0.05, 0) is 0 Å². The molecule has 0 aliphatic carbocycles. The number of rotatable bonds is 0. The van der Waals surface area contributed by atoms with Gasteiger partial charge in [0.15, 0.2) is 0 Å². The van der Waals surface area contributed by atoms with E-state index < -0.39 is 11.9 Å². The van der Waals surface area contributed by atoms with E-state index in [1.54, 1.807) is 11.8 Å². The van der Waals surface area contributed by atoms with Gasteiger partial charge in [-0.1, -0.05) is 0 Å². The van der Waals surface area contributed by atoms with Crippen LogP contribution in [-0.2, 0) is 19.3 Å². The monoisotopic (exact) mass is 144 g/mol. The summed E-state index contributed by atoms with van der Waals surface area (Å²) in [7, 11) is 0. The van der Waals surface area contributed by atoms with Crippen molar-refractivity contribution in [2.75, 3.05) is 0 Å². The van der Waals surface area contributed by atoms with Gasteiger partial charge in [-0.15, -0.1) is 0 Å². The molecule has 0 aromatic rings. The number of hydrogen-bond donors (Lipinski definition) is 2. The Kier molecular flexibility index (Phi) is 3.63. The summed E-state index contributed by atoms with van der Waals surface area (Å²) in [6, 6.07) is 0. The van der Waals surface area contributed by atoms with Crippen molar-refractivity contribution in [2.45, 2.75) is 0 Å². The topological polar surface area (TPSA) is 105 Å². The fraction of sp³-hybridized carbons (Fsp3) is 0. The second kappa shape index (κ2) is 4.31. The van der Waals surface area contributed by atoms with Crippen LogP contribution in [0.2, 0.25) is 0 Å². The fourth-order valence-corrected chi connectivity index (χ4v) is 0.161. The van der Waals surface area contributed by atoms with Crippen molar-refractivity contribution in [3.05, 3.63) is 0 Å². The molecule has 54 valence electrons. The number of hydrogen-bond acceptors (Lipinski definition) is 6. The van der Waals surface area contributed by atoms with Gasteiger partial charge in [0, 0.05) is 11.8 Å². The smallest absolute Gasteiger partial charge is 0.363 e. The maximum atomic E-state index is 10.1. The first-order valence-electron chi connectivity index (χ1n) is 2.04. The Morgan fingerprint density at radius 3 is 1.50 bits per heavy atom. The maximum Gasteiger partial charge on any atom is 0.403 e. The normalized spacial score (nSPS) is 7.00. The highest BCUT2D eigenvalue weighted by Gasteiger charge is 1.94. The highest BCUT2D eigenvalue weighted by Crippen LogP contribution is 1.67. The molecule has 0 amide bonds. The molecule has 0 aliphatic heterocycles. The molecule has 0 fully saturated rings. The predicted molar refractivity (Wildman–Crippen MR) is 28.3 cm³/mol. The Morgan fingerprint density at radius 2 is 1.30 bits per heavy atom. The van der Waals surface area contributed by atoms with Crippen molar-refractivity contribution in [3.8, 4) is 11.8 Å². The lowest BCUT2D eigenvalue weighted by Crippen LogP contribution is -2.10. The lowest BCUT2D eigenvalue weighted by molar-refractivity contribution is -0.139. The molecule has 0 heterocycles. The van der Waals surface area contributed by atoms with Gasteiger partial charge in [0.25, 0.3) is 0 Å². The Hall–Kier alpha value is -1.58. The van der Waals surface area contributed by atoms with E-state index in [4.69, 9.17) is 0 Å². The van der Waals surface area contributed by atoms with Crippen molar-refractivity contribution in [1.82, 2.24) is 0 Å². The summed E-state index contributed by atoms with van der Waals surface area (Å²) in [4.78, 5) is 27.3. The fourth-order valence-electron chi connectivity index (χ4n) is 0.161. The molecule has 0 aromatic carbocycles. The van der Waals surface area contributed by atoms with Crippen LogP contribution in [0.15, 0.2) is 0 Å². The molecule has 0 spiro atoms. The van der Waals surface area contributed by atoms with Crippen LogP contribution in [0.25, 0.3) is 0 Å². The molecule has 0 atom stereocenters. The van der Waals surface area contributed by atoms with E-state index in [2.05, 4.69) is 21.5 Å². The summed E-state index contributed by atoms with van der Waals surface area (Å²) in [5.41, 5.74) is 0. The Labute approximate surface area is 56.0 Å². The van der Waals surface area contributed by atoms with Gasteiger partial charge < -0.3 is 9.68 Å². The molecule has 0 bridgehead atoms. The highest BCUT2D eigenvalue weighted by atomic mass is 16.7. The third-order valence-electron chi connectivity index (χ3n) is 0.481. The van der Waals surface area contributed by atoms with Crippen molar-refractivity contribution >= 4 is 11.9 Å². The summed E-state index contributed by atoms with van der Waals surface area (Å²) in [6.07, 6.45) is 0. The SMILES string of the molecule is NOC(=O)C#CC(=O)ON. The van der Waals surface area contributed by atoms with E-state index in [0.717, 1.165) is 0 Å². The molecule has 0 aliphatic rings. The largest absolute Gasteiger partial charge is 0.403 e. The van der Waals surface area contributed by atoms with Crippen molar-refractivity contribution in [2.24, 2.45) is 11.8 Å². The number of carbonyl (C=O) groups is 2. The molecule has 0 unspecified atom stereocenters. The van der Waals surface area contributed by atoms with Crippen molar-refractivity contribution < 1.29 is 19.3 Å². The van der Waals surface area contributed by atoms with Gasteiger partial charge >= 0.3 is 11.9 Å². The lowest BCUT2D eigenvalue weighted by atomic mass is 10.6. The summed E-state index contributed by atoms with van der Waals surface area (Å²) in [5, 5.41) is 0. The van der Waals surface area contributed by atoms with Crippen LogP contribution in [0, 0.1) is 11.8 Å². The van der Waals surface area contributed by atoms with E-state index in [-0.39, 0.29) is 0 Å². The third kappa shape index (κ3) is 3.43.